The molecule has 1 aromatic carbocycles. The summed E-state index contributed by atoms with van der Waals surface area (Å²) in [5.41, 5.74) is 0.518. The predicted molar refractivity (Wildman–Crippen MR) is 115 cm³/mol. The monoisotopic (exact) mass is 457 g/mol. The van der Waals surface area contributed by atoms with E-state index in [9.17, 15) is 18.0 Å². The highest BCUT2D eigenvalue weighted by Crippen LogP contribution is 2.37. The van der Waals surface area contributed by atoms with Gasteiger partial charge in [0.2, 0.25) is 0 Å². The van der Waals surface area contributed by atoms with Crippen LogP contribution in [0.4, 0.5) is 13.2 Å². The second kappa shape index (κ2) is 8.07. The van der Waals surface area contributed by atoms with Crippen molar-refractivity contribution < 1.29 is 17.6 Å². The van der Waals surface area contributed by atoms with Crippen molar-refractivity contribution in [1.29, 1.82) is 0 Å². The van der Waals surface area contributed by atoms with Crippen molar-refractivity contribution in [3.05, 3.63) is 86.8 Å². The summed E-state index contributed by atoms with van der Waals surface area (Å²) in [6, 6.07) is 12.4. The zero-order valence-electron chi connectivity index (χ0n) is 16.8. The van der Waals surface area contributed by atoms with E-state index >= 15 is 0 Å². The van der Waals surface area contributed by atoms with Crippen molar-refractivity contribution in [3.63, 3.8) is 0 Å². The molecule has 1 N–H and O–H groups in total. The van der Waals surface area contributed by atoms with Gasteiger partial charge in [0.15, 0.2) is 5.82 Å². The quantitative estimate of drug-likeness (QED) is 0.450. The van der Waals surface area contributed by atoms with Crippen molar-refractivity contribution in [2.45, 2.75) is 25.7 Å². The molecule has 0 bridgehead atoms. The summed E-state index contributed by atoms with van der Waals surface area (Å²) in [4.78, 5) is 23.1. The summed E-state index contributed by atoms with van der Waals surface area (Å²) in [6.07, 6.45) is -3.85. The number of H-pyrrole nitrogens is 1. The minimum Gasteiger partial charge on any atom is -0.460 e. The minimum absolute atomic E-state index is 0.0111. The molecule has 4 heterocycles. The molecule has 5 rings (SSSR count). The highest BCUT2D eigenvalue weighted by molar-refractivity contribution is 7.13. The number of furan rings is 1. The number of halogens is 3. The first-order valence-corrected chi connectivity index (χ1v) is 10.9. The summed E-state index contributed by atoms with van der Waals surface area (Å²) >= 11 is 1.51. The van der Waals surface area contributed by atoms with E-state index in [-0.39, 0.29) is 16.9 Å². The SMILES string of the molecule is O=c1[nH]c(-c2cccs2)nc2c1CN(Cc1ccc(-c3ccccc3C(F)(F)F)o1)CC2. The summed E-state index contributed by atoms with van der Waals surface area (Å²) in [5, 5.41) is 1.93. The number of rotatable bonds is 4. The molecule has 0 radical (unpaired) electrons. The number of nitrogens with zero attached hydrogens (tertiary/aromatic N) is 2. The first kappa shape index (κ1) is 20.7. The molecule has 1 aliphatic rings. The molecule has 0 saturated carbocycles. The largest absolute Gasteiger partial charge is 0.460 e. The van der Waals surface area contributed by atoms with E-state index < -0.39 is 11.7 Å². The number of aromatic nitrogens is 2. The number of alkyl halides is 3. The lowest BCUT2D eigenvalue weighted by molar-refractivity contribution is -0.137. The zero-order valence-corrected chi connectivity index (χ0v) is 17.6. The van der Waals surface area contributed by atoms with Crippen molar-refractivity contribution in [1.82, 2.24) is 14.9 Å². The Kier molecular flexibility index (Phi) is 5.22. The number of fused-ring (bicyclic) bond motifs is 1. The fraction of sp³-hybridized carbons (Fsp3) is 0.217. The van der Waals surface area contributed by atoms with Crippen LogP contribution in [0.1, 0.15) is 22.6 Å². The zero-order chi connectivity index (χ0) is 22.3. The molecule has 0 amide bonds. The third kappa shape index (κ3) is 4.01. The molecule has 0 fully saturated rings. The van der Waals surface area contributed by atoms with Gasteiger partial charge in [0, 0.05) is 25.1 Å². The van der Waals surface area contributed by atoms with E-state index in [0.29, 0.717) is 43.2 Å². The van der Waals surface area contributed by atoms with Gasteiger partial charge in [0.25, 0.3) is 5.56 Å². The molecule has 3 aromatic heterocycles. The van der Waals surface area contributed by atoms with Gasteiger partial charge in [0.05, 0.1) is 28.2 Å². The molecule has 0 atom stereocenters. The number of benzene rings is 1. The molecular formula is C23H18F3N3O2S. The standard InChI is InChI=1S/C23H18F3N3O2S/c24-23(25,26)17-5-2-1-4-15(17)19-8-7-14(31-19)12-29-10-9-18-16(13-29)22(30)28-21(27-18)20-6-3-11-32-20/h1-8,11H,9-10,12-13H2,(H,27,28,30). The molecule has 9 heteroatoms. The highest BCUT2D eigenvalue weighted by atomic mass is 32.1. The van der Waals surface area contributed by atoms with Gasteiger partial charge in [-0.15, -0.1) is 11.3 Å². The first-order valence-electron chi connectivity index (χ1n) is 10.0. The number of nitrogens with one attached hydrogen (secondary N) is 1. The van der Waals surface area contributed by atoms with Crippen molar-refractivity contribution >= 4 is 11.3 Å². The van der Waals surface area contributed by atoms with E-state index in [1.807, 2.05) is 22.4 Å². The summed E-state index contributed by atoms with van der Waals surface area (Å²) in [6.45, 7) is 1.46. The fourth-order valence-electron chi connectivity index (χ4n) is 3.92. The van der Waals surface area contributed by atoms with Crippen LogP contribution in [0.25, 0.3) is 22.0 Å². The van der Waals surface area contributed by atoms with Gasteiger partial charge in [-0.2, -0.15) is 13.2 Å². The van der Waals surface area contributed by atoms with Crippen LogP contribution in [0, 0.1) is 0 Å². The predicted octanol–water partition coefficient (Wildman–Crippen LogP) is 5.34. The van der Waals surface area contributed by atoms with Crippen molar-refractivity contribution in [2.75, 3.05) is 6.54 Å². The van der Waals surface area contributed by atoms with Crippen LogP contribution in [0.3, 0.4) is 0 Å². The summed E-state index contributed by atoms with van der Waals surface area (Å²) in [5.74, 6) is 1.29. The number of thiophene rings is 1. The van der Waals surface area contributed by atoms with Crippen LogP contribution in [-0.2, 0) is 25.7 Å². The van der Waals surface area contributed by atoms with Crippen molar-refractivity contribution in [3.8, 4) is 22.0 Å². The van der Waals surface area contributed by atoms with Gasteiger partial charge >= 0.3 is 6.18 Å². The molecule has 164 valence electrons. The molecule has 0 saturated heterocycles. The maximum absolute atomic E-state index is 13.3. The Morgan fingerprint density at radius 2 is 1.97 bits per heavy atom. The number of aromatic amines is 1. The van der Waals surface area contributed by atoms with E-state index in [2.05, 4.69) is 9.97 Å². The van der Waals surface area contributed by atoms with Crippen molar-refractivity contribution in [2.24, 2.45) is 0 Å². The molecular weight excluding hydrogens is 439 g/mol. The average molecular weight is 457 g/mol. The second-order valence-corrected chi connectivity index (χ2v) is 8.53. The molecule has 0 spiro atoms. The smallest absolute Gasteiger partial charge is 0.417 e. The van der Waals surface area contributed by atoms with E-state index in [0.717, 1.165) is 16.6 Å². The fourth-order valence-corrected chi connectivity index (χ4v) is 4.59. The van der Waals surface area contributed by atoms with E-state index in [4.69, 9.17) is 4.42 Å². The van der Waals surface area contributed by atoms with Crippen LogP contribution in [0.5, 0.6) is 0 Å². The number of hydrogen-bond donors (Lipinski definition) is 1. The molecule has 5 nitrogen and oxygen atoms in total. The summed E-state index contributed by atoms with van der Waals surface area (Å²) in [7, 11) is 0. The Balaban J connectivity index is 1.35. The Hall–Kier alpha value is -3.17. The Morgan fingerprint density at radius 3 is 2.75 bits per heavy atom. The van der Waals surface area contributed by atoms with Gasteiger partial charge in [-0.05, 0) is 29.6 Å². The van der Waals surface area contributed by atoms with Crippen LogP contribution in [0.2, 0.25) is 0 Å². The Morgan fingerprint density at radius 1 is 1.12 bits per heavy atom. The van der Waals surface area contributed by atoms with E-state index in [1.54, 1.807) is 18.2 Å². The van der Waals surface area contributed by atoms with Gasteiger partial charge < -0.3 is 9.40 Å². The average Bonchev–Trinajstić information content (AvgIpc) is 3.46. The third-order valence-electron chi connectivity index (χ3n) is 5.44. The minimum atomic E-state index is -4.46. The maximum atomic E-state index is 13.3. The first-order chi connectivity index (χ1) is 15.4. The van der Waals surface area contributed by atoms with Crippen LogP contribution in [0.15, 0.2) is 63.1 Å². The topological polar surface area (TPSA) is 62.1 Å². The summed E-state index contributed by atoms with van der Waals surface area (Å²) < 4.78 is 45.7. The molecule has 1 aliphatic heterocycles. The normalized spacial score (nSPS) is 14.5. The van der Waals surface area contributed by atoms with E-state index in [1.165, 1.54) is 23.5 Å². The van der Waals surface area contributed by atoms with Crippen LogP contribution < -0.4 is 5.56 Å². The van der Waals surface area contributed by atoms with Gasteiger partial charge in [-0.25, -0.2) is 4.98 Å². The lowest BCUT2D eigenvalue weighted by atomic mass is 10.1. The third-order valence-corrected chi connectivity index (χ3v) is 6.32. The maximum Gasteiger partial charge on any atom is 0.417 e. The molecule has 4 aromatic rings. The van der Waals surface area contributed by atoms with Crippen LogP contribution >= 0.6 is 11.3 Å². The van der Waals surface area contributed by atoms with Gasteiger partial charge in [-0.1, -0.05) is 24.3 Å². The lowest BCUT2D eigenvalue weighted by Gasteiger charge is -2.26. The Labute approximate surface area is 185 Å². The van der Waals surface area contributed by atoms with Gasteiger partial charge in [-0.3, -0.25) is 9.69 Å². The second-order valence-electron chi connectivity index (χ2n) is 7.59. The highest BCUT2D eigenvalue weighted by Gasteiger charge is 2.34. The Bertz CT molecular complexity index is 1310. The molecule has 32 heavy (non-hydrogen) atoms. The number of hydrogen-bond acceptors (Lipinski definition) is 5. The molecule has 0 unspecified atom stereocenters. The lowest BCUT2D eigenvalue weighted by Crippen LogP contribution is -2.35. The van der Waals surface area contributed by atoms with Crippen LogP contribution in [-0.4, -0.2) is 21.4 Å². The molecule has 0 aliphatic carbocycles. The van der Waals surface area contributed by atoms with Gasteiger partial charge in [0.1, 0.15) is 11.5 Å².